The standard InChI is InChI=1S/C24H30N4O6/c1-33-13-11-25-23(31)17-5-3-7-19(15-17)27-21(29)9-10-22(30)28-20-8-4-6-18(16-20)24(32)26-12-14-34-2/h3-8,15-16H,9-14H2,1-2H3,(H,25,31)(H,26,32)(H,27,29)(H,28,30). The first-order valence-electron chi connectivity index (χ1n) is 10.8. The normalized spacial score (nSPS) is 10.3. The van der Waals surface area contributed by atoms with Gasteiger partial charge in [0.2, 0.25) is 11.8 Å². The number of carbonyl (C=O) groups is 4. The van der Waals surface area contributed by atoms with Gasteiger partial charge >= 0.3 is 0 Å². The molecule has 0 bridgehead atoms. The third kappa shape index (κ3) is 9.39. The Kier molecular flexibility index (Phi) is 11.2. The molecule has 10 heteroatoms. The molecule has 0 heterocycles. The highest BCUT2D eigenvalue weighted by atomic mass is 16.5. The largest absolute Gasteiger partial charge is 0.383 e. The quantitative estimate of drug-likeness (QED) is 0.330. The molecule has 0 saturated heterocycles. The summed E-state index contributed by atoms with van der Waals surface area (Å²) in [5.74, 6) is -1.28. The minimum Gasteiger partial charge on any atom is -0.383 e. The van der Waals surface area contributed by atoms with E-state index in [4.69, 9.17) is 9.47 Å². The molecule has 0 aliphatic carbocycles. The van der Waals surface area contributed by atoms with E-state index in [-0.39, 0.29) is 36.5 Å². The Bertz CT molecular complexity index is 915. The molecule has 182 valence electrons. The minimum atomic E-state index is -0.363. The molecule has 34 heavy (non-hydrogen) atoms. The van der Waals surface area contributed by atoms with E-state index in [0.717, 1.165) is 0 Å². The van der Waals surface area contributed by atoms with Gasteiger partial charge in [0.1, 0.15) is 0 Å². The minimum absolute atomic E-state index is 0.0483. The van der Waals surface area contributed by atoms with E-state index in [1.54, 1.807) is 62.8 Å². The van der Waals surface area contributed by atoms with Gasteiger partial charge in [-0.25, -0.2) is 0 Å². The fraction of sp³-hybridized carbons (Fsp3) is 0.333. The summed E-state index contributed by atoms with van der Waals surface area (Å²) in [5.41, 5.74) is 1.71. The highest BCUT2D eigenvalue weighted by Gasteiger charge is 2.11. The van der Waals surface area contributed by atoms with Crippen LogP contribution in [0.2, 0.25) is 0 Å². The van der Waals surface area contributed by atoms with Crippen LogP contribution in [0.1, 0.15) is 33.6 Å². The van der Waals surface area contributed by atoms with Crippen molar-refractivity contribution in [3.05, 3.63) is 59.7 Å². The van der Waals surface area contributed by atoms with Gasteiger partial charge in [-0.2, -0.15) is 0 Å². The third-order valence-corrected chi connectivity index (χ3v) is 4.58. The van der Waals surface area contributed by atoms with E-state index in [1.807, 2.05) is 0 Å². The number of nitrogens with one attached hydrogen (secondary N) is 4. The zero-order valence-electron chi connectivity index (χ0n) is 19.3. The molecule has 10 nitrogen and oxygen atoms in total. The van der Waals surface area contributed by atoms with Crippen LogP contribution in [0.3, 0.4) is 0 Å². The fourth-order valence-corrected chi connectivity index (χ4v) is 2.89. The first-order chi connectivity index (χ1) is 16.4. The predicted molar refractivity (Wildman–Crippen MR) is 128 cm³/mol. The van der Waals surface area contributed by atoms with Gasteiger partial charge in [0, 0.05) is 62.7 Å². The fourth-order valence-electron chi connectivity index (χ4n) is 2.89. The third-order valence-electron chi connectivity index (χ3n) is 4.58. The lowest BCUT2D eigenvalue weighted by atomic mass is 10.1. The molecule has 4 N–H and O–H groups in total. The predicted octanol–water partition coefficient (Wildman–Crippen LogP) is 1.80. The Morgan fingerprint density at radius 1 is 0.676 bits per heavy atom. The van der Waals surface area contributed by atoms with Gasteiger partial charge in [0.25, 0.3) is 11.8 Å². The Balaban J connectivity index is 1.82. The molecule has 0 unspecified atom stereocenters. The second-order valence-electron chi connectivity index (χ2n) is 7.26. The summed E-state index contributed by atoms with van der Waals surface area (Å²) >= 11 is 0. The van der Waals surface area contributed by atoms with Gasteiger partial charge in [-0.3, -0.25) is 19.2 Å². The number of rotatable bonds is 13. The van der Waals surface area contributed by atoms with E-state index in [2.05, 4.69) is 21.3 Å². The summed E-state index contributed by atoms with van der Waals surface area (Å²) in [5, 5.41) is 10.8. The highest BCUT2D eigenvalue weighted by Crippen LogP contribution is 2.13. The molecular formula is C24H30N4O6. The Hall–Kier alpha value is -3.76. The van der Waals surface area contributed by atoms with Gasteiger partial charge in [-0.1, -0.05) is 12.1 Å². The number of methoxy groups -OCH3 is 2. The van der Waals surface area contributed by atoms with E-state index in [9.17, 15) is 19.2 Å². The number of benzene rings is 2. The number of amides is 4. The molecule has 0 radical (unpaired) electrons. The van der Waals surface area contributed by atoms with Gasteiger partial charge in [-0.05, 0) is 36.4 Å². The van der Waals surface area contributed by atoms with Crippen LogP contribution < -0.4 is 21.3 Å². The lowest BCUT2D eigenvalue weighted by Crippen LogP contribution is -2.27. The molecule has 2 rings (SSSR count). The van der Waals surface area contributed by atoms with Crippen molar-refractivity contribution in [2.24, 2.45) is 0 Å². The number of anilines is 2. The van der Waals surface area contributed by atoms with Crippen LogP contribution in [0.4, 0.5) is 11.4 Å². The SMILES string of the molecule is COCCNC(=O)c1cccc(NC(=O)CCC(=O)Nc2cccc(C(=O)NCCOC)c2)c1. The summed E-state index contributed by atoms with van der Waals surface area (Å²) in [6.07, 6.45) is -0.0966. The number of hydrogen-bond acceptors (Lipinski definition) is 6. The molecule has 0 fully saturated rings. The Labute approximate surface area is 198 Å². The summed E-state index contributed by atoms with van der Waals surface area (Å²) in [4.78, 5) is 48.7. The second kappa shape index (κ2) is 14.4. The van der Waals surface area contributed by atoms with Crippen molar-refractivity contribution >= 4 is 35.0 Å². The maximum Gasteiger partial charge on any atom is 0.251 e. The number of hydrogen-bond donors (Lipinski definition) is 4. The molecular weight excluding hydrogens is 440 g/mol. The van der Waals surface area contributed by atoms with Crippen LogP contribution in [-0.4, -0.2) is 64.2 Å². The van der Waals surface area contributed by atoms with Gasteiger partial charge in [0.15, 0.2) is 0 Å². The zero-order chi connectivity index (χ0) is 24.8. The van der Waals surface area contributed by atoms with Crippen LogP contribution in [0.5, 0.6) is 0 Å². The molecule has 0 saturated carbocycles. The maximum absolute atomic E-state index is 12.3. The average Bonchev–Trinajstić information content (AvgIpc) is 2.83. The summed E-state index contributed by atoms with van der Waals surface area (Å²) < 4.78 is 9.79. The van der Waals surface area contributed by atoms with Gasteiger partial charge in [0.05, 0.1) is 13.2 Å². The van der Waals surface area contributed by atoms with Crippen molar-refractivity contribution in [3.63, 3.8) is 0 Å². The lowest BCUT2D eigenvalue weighted by molar-refractivity contribution is -0.121. The van der Waals surface area contributed by atoms with Crippen LogP contribution in [-0.2, 0) is 19.1 Å². The topological polar surface area (TPSA) is 135 Å². The van der Waals surface area contributed by atoms with Crippen LogP contribution >= 0.6 is 0 Å². The van der Waals surface area contributed by atoms with Crippen molar-refractivity contribution in [2.45, 2.75) is 12.8 Å². The Morgan fingerprint density at radius 2 is 1.09 bits per heavy atom. The van der Waals surface area contributed by atoms with E-state index in [1.165, 1.54) is 0 Å². The molecule has 0 aliphatic rings. The van der Waals surface area contributed by atoms with Crippen molar-refractivity contribution in [2.75, 3.05) is 51.2 Å². The highest BCUT2D eigenvalue weighted by molar-refractivity contribution is 6.00. The average molecular weight is 471 g/mol. The van der Waals surface area contributed by atoms with Crippen LogP contribution in [0.15, 0.2) is 48.5 Å². The molecule has 2 aromatic carbocycles. The number of ether oxygens (including phenoxy) is 2. The van der Waals surface area contributed by atoms with Crippen molar-refractivity contribution in [3.8, 4) is 0 Å². The second-order valence-corrected chi connectivity index (χ2v) is 7.26. The van der Waals surface area contributed by atoms with Crippen LogP contribution in [0.25, 0.3) is 0 Å². The molecule has 2 aromatic rings. The first kappa shape index (κ1) is 26.5. The van der Waals surface area contributed by atoms with Crippen molar-refractivity contribution in [1.82, 2.24) is 10.6 Å². The van der Waals surface area contributed by atoms with Crippen molar-refractivity contribution in [1.29, 1.82) is 0 Å². The first-order valence-corrected chi connectivity index (χ1v) is 10.8. The summed E-state index contributed by atoms with van der Waals surface area (Å²) in [7, 11) is 3.09. The van der Waals surface area contributed by atoms with Gasteiger partial charge < -0.3 is 30.7 Å². The van der Waals surface area contributed by atoms with E-state index >= 15 is 0 Å². The molecule has 0 atom stereocenters. The maximum atomic E-state index is 12.3. The molecule has 4 amide bonds. The summed E-state index contributed by atoms with van der Waals surface area (Å²) in [6.45, 7) is 1.55. The summed E-state index contributed by atoms with van der Waals surface area (Å²) in [6, 6.07) is 13.0. The smallest absolute Gasteiger partial charge is 0.251 e. The lowest BCUT2D eigenvalue weighted by Gasteiger charge is -2.09. The van der Waals surface area contributed by atoms with Crippen LogP contribution in [0, 0.1) is 0 Å². The molecule has 0 aromatic heterocycles. The monoisotopic (exact) mass is 470 g/mol. The zero-order valence-corrected chi connectivity index (χ0v) is 19.3. The van der Waals surface area contributed by atoms with E-state index < -0.39 is 0 Å². The molecule has 0 aliphatic heterocycles. The number of carbonyl (C=O) groups excluding carboxylic acids is 4. The van der Waals surface area contributed by atoms with Gasteiger partial charge in [-0.15, -0.1) is 0 Å². The van der Waals surface area contributed by atoms with Crippen molar-refractivity contribution < 1.29 is 28.7 Å². The Morgan fingerprint density at radius 3 is 1.47 bits per heavy atom. The molecule has 0 spiro atoms. The van der Waals surface area contributed by atoms with E-state index in [0.29, 0.717) is 48.8 Å².